The normalized spacial score (nSPS) is 13.5. The fourth-order valence-corrected chi connectivity index (χ4v) is 4.07. The van der Waals surface area contributed by atoms with Crippen LogP contribution in [0.15, 0.2) is 83.4 Å². The van der Waals surface area contributed by atoms with Crippen molar-refractivity contribution in [2.24, 2.45) is 5.73 Å². The van der Waals surface area contributed by atoms with Crippen LogP contribution in [0.3, 0.4) is 0 Å². The Hall–Kier alpha value is -2.32. The van der Waals surface area contributed by atoms with Crippen molar-refractivity contribution < 1.29 is 9.50 Å². The standard InChI is InChI=1S/C22H22FN3OS2/c1-15(28-13-11-24)26-29-17-9-10-18(20(23)14-17)22(27)19-8-5-12-25-21(19)16-6-3-2-4-7-16/h2-15,22,26-27H,24H2,1H3/b13-11-. The smallest absolute Gasteiger partial charge is 0.130 e. The fourth-order valence-electron chi connectivity index (χ4n) is 2.78. The lowest BCUT2D eigenvalue weighted by Gasteiger charge is -2.17. The number of thioether (sulfide) groups is 1. The van der Waals surface area contributed by atoms with E-state index < -0.39 is 11.9 Å². The van der Waals surface area contributed by atoms with Gasteiger partial charge in [-0.3, -0.25) is 4.98 Å². The second-order valence-electron chi connectivity index (χ2n) is 6.22. The van der Waals surface area contributed by atoms with E-state index in [1.165, 1.54) is 36.0 Å². The van der Waals surface area contributed by atoms with E-state index in [4.69, 9.17) is 5.73 Å². The number of nitrogens with zero attached hydrogens (tertiary/aromatic N) is 1. The summed E-state index contributed by atoms with van der Waals surface area (Å²) in [5.41, 5.74) is 7.62. The maximum atomic E-state index is 14.8. The van der Waals surface area contributed by atoms with Crippen LogP contribution in [-0.2, 0) is 0 Å². The number of aliphatic hydroxyl groups is 1. The first-order chi connectivity index (χ1) is 14.1. The third-order valence-electron chi connectivity index (χ3n) is 4.15. The summed E-state index contributed by atoms with van der Waals surface area (Å²) in [6, 6.07) is 17.9. The third kappa shape index (κ3) is 5.61. The molecule has 0 spiro atoms. The molecule has 0 saturated heterocycles. The molecule has 3 rings (SSSR count). The van der Waals surface area contributed by atoms with E-state index in [0.717, 1.165) is 10.5 Å². The van der Waals surface area contributed by atoms with Crippen LogP contribution in [0.5, 0.6) is 0 Å². The summed E-state index contributed by atoms with van der Waals surface area (Å²) in [5, 5.41) is 12.8. The zero-order valence-electron chi connectivity index (χ0n) is 15.8. The average Bonchev–Trinajstić information content (AvgIpc) is 2.76. The van der Waals surface area contributed by atoms with E-state index in [2.05, 4.69) is 9.71 Å². The Morgan fingerprint density at radius 2 is 1.90 bits per heavy atom. The van der Waals surface area contributed by atoms with Gasteiger partial charge in [-0.15, -0.1) is 11.8 Å². The Balaban J connectivity index is 1.80. The Morgan fingerprint density at radius 3 is 2.62 bits per heavy atom. The van der Waals surface area contributed by atoms with Crippen molar-refractivity contribution in [1.29, 1.82) is 0 Å². The van der Waals surface area contributed by atoms with Crippen LogP contribution in [0.25, 0.3) is 11.3 Å². The van der Waals surface area contributed by atoms with Gasteiger partial charge in [0, 0.05) is 34.0 Å². The molecule has 0 fully saturated rings. The van der Waals surface area contributed by atoms with Gasteiger partial charge in [0.2, 0.25) is 0 Å². The van der Waals surface area contributed by atoms with Crippen molar-refractivity contribution in [1.82, 2.24) is 9.71 Å². The van der Waals surface area contributed by atoms with Crippen LogP contribution in [-0.4, -0.2) is 15.5 Å². The molecule has 1 aromatic heterocycles. The van der Waals surface area contributed by atoms with Gasteiger partial charge in [0.05, 0.1) is 11.1 Å². The number of aromatic nitrogens is 1. The Kier molecular flexibility index (Phi) is 7.71. The second-order valence-corrected chi connectivity index (χ2v) is 8.38. The van der Waals surface area contributed by atoms with Gasteiger partial charge >= 0.3 is 0 Å². The van der Waals surface area contributed by atoms with E-state index in [1.54, 1.807) is 35.9 Å². The number of benzene rings is 2. The monoisotopic (exact) mass is 427 g/mol. The molecule has 0 aliphatic heterocycles. The molecule has 0 radical (unpaired) electrons. The number of hydrogen-bond donors (Lipinski definition) is 3. The van der Waals surface area contributed by atoms with Gasteiger partial charge < -0.3 is 10.8 Å². The summed E-state index contributed by atoms with van der Waals surface area (Å²) in [6.07, 6.45) is 2.03. The molecule has 29 heavy (non-hydrogen) atoms. The molecule has 4 N–H and O–H groups in total. The van der Waals surface area contributed by atoms with Gasteiger partial charge in [-0.05, 0) is 42.5 Å². The van der Waals surface area contributed by atoms with Gasteiger partial charge in [0.1, 0.15) is 11.9 Å². The van der Waals surface area contributed by atoms with E-state index in [1.807, 2.05) is 37.3 Å². The summed E-state index contributed by atoms with van der Waals surface area (Å²) in [7, 11) is 0. The molecule has 2 aromatic carbocycles. The number of nitrogens with two attached hydrogens (primary N) is 1. The molecule has 1 heterocycles. The maximum absolute atomic E-state index is 14.8. The SMILES string of the molecule is CC(NSc1ccc(C(O)c2cccnc2-c2ccccc2)c(F)c1)S/C=C\N. The molecule has 2 unspecified atom stereocenters. The highest BCUT2D eigenvalue weighted by Crippen LogP contribution is 2.32. The molecule has 0 amide bonds. The molecule has 0 bridgehead atoms. The zero-order valence-corrected chi connectivity index (χ0v) is 17.5. The molecule has 3 aromatic rings. The minimum atomic E-state index is -1.12. The first-order valence-electron chi connectivity index (χ1n) is 9.02. The summed E-state index contributed by atoms with van der Waals surface area (Å²) < 4.78 is 18.0. The lowest BCUT2D eigenvalue weighted by molar-refractivity contribution is 0.215. The highest BCUT2D eigenvalue weighted by molar-refractivity contribution is 8.04. The summed E-state index contributed by atoms with van der Waals surface area (Å²) in [6.45, 7) is 1.99. The van der Waals surface area contributed by atoms with E-state index in [-0.39, 0.29) is 10.9 Å². The number of aliphatic hydroxyl groups excluding tert-OH is 1. The van der Waals surface area contributed by atoms with Gasteiger partial charge in [-0.25, -0.2) is 9.11 Å². The highest BCUT2D eigenvalue weighted by atomic mass is 32.2. The highest BCUT2D eigenvalue weighted by Gasteiger charge is 2.20. The van der Waals surface area contributed by atoms with E-state index >= 15 is 0 Å². The average molecular weight is 428 g/mol. The van der Waals surface area contributed by atoms with Crippen LogP contribution in [0.1, 0.15) is 24.2 Å². The Labute approximate surface area is 178 Å². The number of pyridine rings is 1. The quantitative estimate of drug-likeness (QED) is 0.344. The third-order valence-corrected chi connectivity index (χ3v) is 6.10. The van der Waals surface area contributed by atoms with Crippen molar-refractivity contribution in [3.05, 3.63) is 95.4 Å². The molecule has 7 heteroatoms. The van der Waals surface area contributed by atoms with Crippen LogP contribution in [0.2, 0.25) is 0 Å². The maximum Gasteiger partial charge on any atom is 0.130 e. The number of halogens is 1. The van der Waals surface area contributed by atoms with E-state index in [9.17, 15) is 9.50 Å². The number of rotatable bonds is 8. The topological polar surface area (TPSA) is 71.2 Å². The van der Waals surface area contributed by atoms with Gasteiger partial charge in [-0.1, -0.05) is 42.5 Å². The summed E-state index contributed by atoms with van der Waals surface area (Å²) >= 11 is 2.86. The molecule has 0 saturated carbocycles. The predicted molar refractivity (Wildman–Crippen MR) is 120 cm³/mol. The minimum Gasteiger partial charge on any atom is -0.404 e. The molecule has 0 aliphatic carbocycles. The minimum absolute atomic E-state index is 0.108. The molecule has 2 atom stereocenters. The van der Waals surface area contributed by atoms with Crippen LogP contribution in [0, 0.1) is 5.82 Å². The first kappa shape index (κ1) is 21.4. The zero-order chi connectivity index (χ0) is 20.6. The van der Waals surface area contributed by atoms with Crippen molar-refractivity contribution in [3.8, 4) is 11.3 Å². The van der Waals surface area contributed by atoms with Crippen molar-refractivity contribution in [2.75, 3.05) is 0 Å². The first-order valence-corrected chi connectivity index (χ1v) is 10.8. The second kappa shape index (κ2) is 10.5. The lowest BCUT2D eigenvalue weighted by atomic mass is 9.96. The molecule has 4 nitrogen and oxygen atoms in total. The van der Waals surface area contributed by atoms with Crippen LogP contribution >= 0.6 is 23.7 Å². The van der Waals surface area contributed by atoms with Gasteiger partial charge in [0.25, 0.3) is 0 Å². The number of hydrogen-bond acceptors (Lipinski definition) is 6. The van der Waals surface area contributed by atoms with Gasteiger partial charge in [-0.2, -0.15) is 0 Å². The predicted octanol–water partition coefficient (Wildman–Crippen LogP) is 5.08. The van der Waals surface area contributed by atoms with Crippen molar-refractivity contribution in [3.63, 3.8) is 0 Å². The Bertz CT molecular complexity index is 969. The summed E-state index contributed by atoms with van der Waals surface area (Å²) in [4.78, 5) is 5.12. The molecule has 0 aliphatic rings. The fraction of sp³-hybridized carbons (Fsp3) is 0.136. The van der Waals surface area contributed by atoms with Crippen LogP contribution in [0.4, 0.5) is 4.39 Å². The molecular formula is C22H22FN3OS2. The summed E-state index contributed by atoms with van der Waals surface area (Å²) in [5.74, 6) is -0.464. The Morgan fingerprint density at radius 1 is 1.10 bits per heavy atom. The van der Waals surface area contributed by atoms with Crippen LogP contribution < -0.4 is 10.5 Å². The number of nitrogens with one attached hydrogen (secondary N) is 1. The van der Waals surface area contributed by atoms with Crippen molar-refractivity contribution in [2.45, 2.75) is 23.3 Å². The van der Waals surface area contributed by atoms with E-state index in [0.29, 0.717) is 11.3 Å². The molecular weight excluding hydrogens is 405 g/mol. The largest absolute Gasteiger partial charge is 0.404 e. The molecule has 150 valence electrons. The van der Waals surface area contributed by atoms with Crippen molar-refractivity contribution >= 4 is 23.7 Å². The van der Waals surface area contributed by atoms with Gasteiger partial charge in [0.15, 0.2) is 0 Å². The lowest BCUT2D eigenvalue weighted by Crippen LogP contribution is -2.13.